The summed E-state index contributed by atoms with van der Waals surface area (Å²) in [7, 11) is 0. The molecule has 0 unspecified atom stereocenters. The first-order chi connectivity index (χ1) is 18.6. The molecule has 1 aromatic carbocycles. The second kappa shape index (κ2) is 8.57. The number of hydrogen-bond acceptors (Lipinski definition) is 7. The molecule has 39 heavy (non-hydrogen) atoms. The van der Waals surface area contributed by atoms with Gasteiger partial charge in [0, 0.05) is 49.2 Å². The SMILES string of the molecule is Cc1nc(N2CC3(C2)CN(c2nnc4n2-c2ccc(Cl)cc2CN(C2CC(C(F)(F)F)C2)C4)C3)ccc1C#N. The third-order valence-corrected chi connectivity index (χ3v) is 8.94. The van der Waals surface area contributed by atoms with E-state index in [4.69, 9.17) is 11.6 Å². The van der Waals surface area contributed by atoms with E-state index in [1.807, 2.05) is 37.3 Å². The molecule has 0 radical (unpaired) electrons. The van der Waals surface area contributed by atoms with Gasteiger partial charge in [0.1, 0.15) is 11.9 Å². The van der Waals surface area contributed by atoms with Gasteiger partial charge in [-0.2, -0.15) is 18.4 Å². The summed E-state index contributed by atoms with van der Waals surface area (Å²) in [5, 5.41) is 18.8. The van der Waals surface area contributed by atoms with Crippen LogP contribution < -0.4 is 9.80 Å². The minimum Gasteiger partial charge on any atom is -0.355 e. The second-order valence-electron chi connectivity index (χ2n) is 11.4. The Labute approximate surface area is 228 Å². The van der Waals surface area contributed by atoms with E-state index >= 15 is 0 Å². The summed E-state index contributed by atoms with van der Waals surface area (Å²) in [6.45, 7) is 6.23. The number of pyridine rings is 1. The van der Waals surface area contributed by atoms with Crippen LogP contribution in [0.15, 0.2) is 30.3 Å². The van der Waals surface area contributed by atoms with Crippen LogP contribution in [0.1, 0.15) is 35.5 Å². The molecule has 7 rings (SSSR count). The quantitative estimate of drug-likeness (QED) is 0.472. The van der Waals surface area contributed by atoms with Gasteiger partial charge >= 0.3 is 6.18 Å². The van der Waals surface area contributed by atoms with Gasteiger partial charge in [0.2, 0.25) is 5.95 Å². The first kappa shape index (κ1) is 24.7. The molecule has 0 atom stereocenters. The van der Waals surface area contributed by atoms with Crippen molar-refractivity contribution in [1.29, 1.82) is 5.26 Å². The third kappa shape index (κ3) is 4.03. The Bertz CT molecular complexity index is 1490. The average Bonchev–Trinajstić information content (AvgIpc) is 3.11. The van der Waals surface area contributed by atoms with E-state index in [1.54, 1.807) is 0 Å². The third-order valence-electron chi connectivity index (χ3n) is 8.71. The van der Waals surface area contributed by atoms with Crippen LogP contribution in [0.4, 0.5) is 24.9 Å². The molecule has 2 saturated heterocycles. The van der Waals surface area contributed by atoms with E-state index in [1.165, 1.54) is 0 Å². The largest absolute Gasteiger partial charge is 0.391 e. The normalized spacial score (nSPS) is 23.7. The van der Waals surface area contributed by atoms with Gasteiger partial charge in [-0.05, 0) is 55.7 Å². The predicted octanol–water partition coefficient (Wildman–Crippen LogP) is 4.48. The number of rotatable bonds is 3. The van der Waals surface area contributed by atoms with Gasteiger partial charge in [-0.3, -0.25) is 9.47 Å². The van der Waals surface area contributed by atoms with E-state index < -0.39 is 12.1 Å². The first-order valence-electron chi connectivity index (χ1n) is 13.0. The van der Waals surface area contributed by atoms with E-state index in [0.29, 0.717) is 23.7 Å². The number of nitriles is 1. The number of aryl methyl sites for hydroxylation is 1. The first-order valence-corrected chi connectivity index (χ1v) is 13.4. The van der Waals surface area contributed by atoms with E-state index in [0.717, 1.165) is 60.7 Å². The molecule has 5 heterocycles. The molecule has 0 amide bonds. The zero-order valence-corrected chi connectivity index (χ0v) is 22.0. The Balaban J connectivity index is 1.09. The number of alkyl halides is 3. The lowest BCUT2D eigenvalue weighted by molar-refractivity contribution is -0.207. The van der Waals surface area contributed by atoms with Gasteiger partial charge in [-0.1, -0.05) is 11.6 Å². The maximum absolute atomic E-state index is 13.2. The fraction of sp³-hybridized carbons (Fsp3) is 0.481. The Kier molecular flexibility index (Phi) is 5.42. The zero-order chi connectivity index (χ0) is 27.1. The number of aromatic nitrogens is 4. The maximum atomic E-state index is 13.2. The number of hydrogen-bond donors (Lipinski definition) is 0. The van der Waals surface area contributed by atoms with Crippen molar-refractivity contribution in [2.75, 3.05) is 36.0 Å². The predicted molar refractivity (Wildman–Crippen MR) is 139 cm³/mol. The van der Waals surface area contributed by atoms with Crippen LogP contribution in [0.25, 0.3) is 5.69 Å². The lowest BCUT2D eigenvalue weighted by atomic mass is 9.73. The van der Waals surface area contributed by atoms with Crippen molar-refractivity contribution in [1.82, 2.24) is 24.6 Å². The van der Waals surface area contributed by atoms with Crippen molar-refractivity contribution in [3.05, 3.63) is 58.0 Å². The molecule has 0 N–H and O–H groups in total. The number of anilines is 2. The van der Waals surface area contributed by atoms with Crippen molar-refractivity contribution in [3.63, 3.8) is 0 Å². The van der Waals surface area contributed by atoms with Gasteiger partial charge in [0.05, 0.1) is 29.4 Å². The van der Waals surface area contributed by atoms with Gasteiger partial charge in [0.25, 0.3) is 0 Å². The summed E-state index contributed by atoms with van der Waals surface area (Å²) in [4.78, 5) is 11.1. The maximum Gasteiger partial charge on any atom is 0.391 e. The standard InChI is InChI=1S/C27H26ClF3N8/c1-16-17(9-32)2-5-23(33-16)37-12-26(13-37)14-38(15-26)25-35-34-24-11-36(21-7-19(8-21)27(29,30)31)10-18-6-20(28)3-4-22(18)39(24)25/h2-6,19,21H,7-8,10-15H2,1H3. The molecule has 3 aromatic rings. The molecule has 8 nitrogen and oxygen atoms in total. The highest BCUT2D eigenvalue weighted by atomic mass is 35.5. The number of benzene rings is 1. The number of halogens is 4. The van der Waals surface area contributed by atoms with Crippen LogP contribution in [0.3, 0.4) is 0 Å². The van der Waals surface area contributed by atoms with Gasteiger partial charge in [-0.15, -0.1) is 10.2 Å². The molecular weight excluding hydrogens is 529 g/mol. The molecule has 2 aromatic heterocycles. The summed E-state index contributed by atoms with van der Waals surface area (Å²) < 4.78 is 41.6. The summed E-state index contributed by atoms with van der Waals surface area (Å²) >= 11 is 6.34. The second-order valence-corrected chi connectivity index (χ2v) is 11.9. The molecule has 202 valence electrons. The van der Waals surface area contributed by atoms with Crippen LogP contribution in [0.2, 0.25) is 5.02 Å². The minimum atomic E-state index is -4.14. The van der Waals surface area contributed by atoms with Crippen molar-refractivity contribution in [3.8, 4) is 11.8 Å². The topological polar surface area (TPSA) is 77.1 Å². The van der Waals surface area contributed by atoms with E-state index in [2.05, 4.69) is 40.5 Å². The van der Waals surface area contributed by atoms with Gasteiger partial charge in [-0.25, -0.2) is 4.98 Å². The average molecular weight is 555 g/mol. The Morgan fingerprint density at radius 1 is 1.03 bits per heavy atom. The molecule has 1 saturated carbocycles. The zero-order valence-electron chi connectivity index (χ0n) is 21.3. The molecule has 1 aliphatic carbocycles. The van der Waals surface area contributed by atoms with Crippen LogP contribution in [0.5, 0.6) is 0 Å². The van der Waals surface area contributed by atoms with E-state index in [-0.39, 0.29) is 24.3 Å². The minimum absolute atomic E-state index is 0.110. The molecule has 3 aliphatic heterocycles. The van der Waals surface area contributed by atoms with Crippen molar-refractivity contribution >= 4 is 23.4 Å². The lowest BCUT2D eigenvalue weighted by Crippen LogP contribution is -2.73. The summed E-state index contributed by atoms with van der Waals surface area (Å²) in [5.74, 6) is 1.14. The molecule has 4 aliphatic rings. The smallest absolute Gasteiger partial charge is 0.355 e. The van der Waals surface area contributed by atoms with Crippen LogP contribution >= 0.6 is 11.6 Å². The van der Waals surface area contributed by atoms with Gasteiger partial charge in [0.15, 0.2) is 5.82 Å². The monoisotopic (exact) mass is 554 g/mol. The highest BCUT2D eigenvalue weighted by Crippen LogP contribution is 2.46. The molecule has 12 heteroatoms. The van der Waals surface area contributed by atoms with Crippen molar-refractivity contribution in [2.24, 2.45) is 11.3 Å². The fourth-order valence-corrected chi connectivity index (χ4v) is 6.69. The Morgan fingerprint density at radius 3 is 2.46 bits per heavy atom. The fourth-order valence-electron chi connectivity index (χ4n) is 6.50. The molecule has 1 spiro atoms. The van der Waals surface area contributed by atoms with Crippen LogP contribution in [-0.2, 0) is 13.1 Å². The Hall–Kier alpha value is -3.36. The summed E-state index contributed by atoms with van der Waals surface area (Å²) in [6, 6.07) is 11.4. The van der Waals surface area contributed by atoms with Gasteiger partial charge < -0.3 is 9.80 Å². The molecule has 3 fully saturated rings. The lowest BCUT2D eigenvalue weighted by Gasteiger charge is -2.60. The van der Waals surface area contributed by atoms with E-state index in [9.17, 15) is 18.4 Å². The molecular formula is C27H26ClF3N8. The number of fused-ring (bicyclic) bond motifs is 3. The van der Waals surface area contributed by atoms with Crippen LogP contribution in [0, 0.1) is 29.6 Å². The summed E-state index contributed by atoms with van der Waals surface area (Å²) in [5.41, 5.74) is 3.37. The highest BCUT2D eigenvalue weighted by molar-refractivity contribution is 6.30. The molecule has 0 bridgehead atoms. The van der Waals surface area contributed by atoms with Crippen LogP contribution in [-0.4, -0.2) is 63.0 Å². The Morgan fingerprint density at radius 2 is 1.77 bits per heavy atom. The highest BCUT2D eigenvalue weighted by Gasteiger charge is 2.54. The number of nitrogens with zero attached hydrogens (tertiary/aromatic N) is 8. The van der Waals surface area contributed by atoms with Crippen molar-refractivity contribution in [2.45, 2.75) is 45.1 Å². The van der Waals surface area contributed by atoms with Crippen molar-refractivity contribution < 1.29 is 13.2 Å². The summed E-state index contributed by atoms with van der Waals surface area (Å²) in [6.07, 6.45) is -3.92.